The Morgan fingerprint density at radius 2 is 2.18 bits per heavy atom. The van der Waals surface area contributed by atoms with E-state index in [9.17, 15) is 0 Å². The second kappa shape index (κ2) is 6.45. The number of hydrogen-bond acceptors (Lipinski definition) is 2. The highest BCUT2D eigenvalue weighted by atomic mass is 16.5. The maximum absolute atomic E-state index is 5.55. The van der Waals surface area contributed by atoms with Crippen LogP contribution >= 0.6 is 0 Å². The first-order chi connectivity index (χ1) is 8.38. The molecule has 17 heavy (non-hydrogen) atoms. The Morgan fingerprint density at radius 1 is 1.35 bits per heavy atom. The first-order valence-electron chi connectivity index (χ1n) is 6.53. The minimum absolute atomic E-state index is 0.561. The molecule has 1 heterocycles. The summed E-state index contributed by atoms with van der Waals surface area (Å²) in [6, 6.07) is 8.85. The van der Waals surface area contributed by atoms with E-state index in [0.29, 0.717) is 6.04 Å². The van der Waals surface area contributed by atoms with Crippen LogP contribution in [0.5, 0.6) is 5.75 Å². The highest BCUT2D eigenvalue weighted by Gasteiger charge is 2.09. The Bertz CT molecular complexity index is 350. The highest BCUT2D eigenvalue weighted by molar-refractivity contribution is 5.51. The lowest BCUT2D eigenvalue weighted by atomic mass is 10.1. The summed E-state index contributed by atoms with van der Waals surface area (Å²) in [6.07, 6.45) is 8.05. The zero-order valence-corrected chi connectivity index (χ0v) is 10.5. The topological polar surface area (TPSA) is 21.3 Å². The van der Waals surface area contributed by atoms with Gasteiger partial charge in [0.05, 0.1) is 6.61 Å². The van der Waals surface area contributed by atoms with Crippen molar-refractivity contribution < 1.29 is 4.74 Å². The minimum atomic E-state index is 0.561. The fourth-order valence-electron chi connectivity index (χ4n) is 2.00. The summed E-state index contributed by atoms with van der Waals surface area (Å²) in [5, 5.41) is 3.45. The van der Waals surface area contributed by atoms with Crippen molar-refractivity contribution >= 4 is 6.08 Å². The molecule has 0 amide bonds. The van der Waals surface area contributed by atoms with Crippen LogP contribution in [0.2, 0.25) is 0 Å². The lowest BCUT2D eigenvalue weighted by Crippen LogP contribution is -2.17. The Labute approximate surface area is 104 Å². The standard InChI is InChI=1S/C15H21NO/c1-2-12-17-15-9-6-13(7-10-15)5-8-14-4-3-11-16-14/h5-10,14,16H,2-4,11-12H2,1H3/b8-5+. The van der Waals surface area contributed by atoms with Gasteiger partial charge in [-0.15, -0.1) is 0 Å². The zero-order valence-electron chi connectivity index (χ0n) is 10.5. The van der Waals surface area contributed by atoms with Crippen LogP contribution in [-0.4, -0.2) is 19.2 Å². The predicted molar refractivity (Wildman–Crippen MR) is 72.3 cm³/mol. The van der Waals surface area contributed by atoms with Crippen LogP contribution in [-0.2, 0) is 0 Å². The van der Waals surface area contributed by atoms with Crippen molar-refractivity contribution in [3.8, 4) is 5.75 Å². The molecule has 0 spiro atoms. The maximum Gasteiger partial charge on any atom is 0.119 e. The third-order valence-corrected chi connectivity index (χ3v) is 2.97. The zero-order chi connectivity index (χ0) is 11.9. The van der Waals surface area contributed by atoms with Crippen LogP contribution in [0.1, 0.15) is 31.7 Å². The molecule has 1 fully saturated rings. The van der Waals surface area contributed by atoms with Crippen molar-refractivity contribution in [1.82, 2.24) is 5.32 Å². The summed E-state index contributed by atoms with van der Waals surface area (Å²) in [7, 11) is 0. The van der Waals surface area contributed by atoms with E-state index in [-0.39, 0.29) is 0 Å². The molecule has 1 saturated heterocycles. The van der Waals surface area contributed by atoms with E-state index in [2.05, 4.69) is 36.5 Å². The lowest BCUT2D eigenvalue weighted by Gasteiger charge is -2.05. The minimum Gasteiger partial charge on any atom is -0.494 e. The van der Waals surface area contributed by atoms with E-state index in [4.69, 9.17) is 4.74 Å². The summed E-state index contributed by atoms with van der Waals surface area (Å²) >= 11 is 0. The van der Waals surface area contributed by atoms with Gasteiger partial charge >= 0.3 is 0 Å². The summed E-state index contributed by atoms with van der Waals surface area (Å²) in [4.78, 5) is 0. The van der Waals surface area contributed by atoms with E-state index >= 15 is 0 Å². The average molecular weight is 231 g/mol. The molecule has 0 radical (unpaired) electrons. The Balaban J connectivity index is 1.88. The van der Waals surface area contributed by atoms with Crippen molar-refractivity contribution in [3.63, 3.8) is 0 Å². The molecule has 0 bridgehead atoms. The van der Waals surface area contributed by atoms with Crippen molar-refractivity contribution in [2.75, 3.05) is 13.2 Å². The Morgan fingerprint density at radius 3 is 2.82 bits per heavy atom. The third kappa shape index (κ3) is 3.90. The number of ether oxygens (including phenoxy) is 1. The van der Waals surface area contributed by atoms with Crippen LogP contribution in [0, 0.1) is 0 Å². The van der Waals surface area contributed by atoms with Crippen molar-refractivity contribution in [2.45, 2.75) is 32.2 Å². The Hall–Kier alpha value is -1.28. The molecular weight excluding hydrogens is 210 g/mol. The van der Waals surface area contributed by atoms with Gasteiger partial charge in [0, 0.05) is 6.04 Å². The van der Waals surface area contributed by atoms with Crippen LogP contribution < -0.4 is 10.1 Å². The second-order valence-electron chi connectivity index (χ2n) is 4.48. The van der Waals surface area contributed by atoms with Crippen molar-refractivity contribution in [1.29, 1.82) is 0 Å². The summed E-state index contributed by atoms with van der Waals surface area (Å²) < 4.78 is 5.55. The number of benzene rings is 1. The fraction of sp³-hybridized carbons (Fsp3) is 0.467. The Kier molecular flexibility index (Phi) is 4.63. The molecule has 92 valence electrons. The fourth-order valence-corrected chi connectivity index (χ4v) is 2.00. The molecule has 1 aliphatic heterocycles. The molecule has 2 rings (SSSR count). The second-order valence-corrected chi connectivity index (χ2v) is 4.48. The molecule has 1 aliphatic rings. The monoisotopic (exact) mass is 231 g/mol. The smallest absolute Gasteiger partial charge is 0.119 e. The molecule has 1 aromatic rings. The highest BCUT2D eigenvalue weighted by Crippen LogP contribution is 2.14. The SMILES string of the molecule is CCCOc1ccc(/C=C/C2CCCN2)cc1. The van der Waals surface area contributed by atoms with E-state index < -0.39 is 0 Å². The van der Waals surface area contributed by atoms with Gasteiger partial charge < -0.3 is 10.1 Å². The predicted octanol–water partition coefficient (Wildman–Crippen LogP) is 3.24. The summed E-state index contributed by atoms with van der Waals surface area (Å²) in [5.74, 6) is 0.961. The van der Waals surface area contributed by atoms with Gasteiger partial charge in [-0.1, -0.05) is 31.2 Å². The average Bonchev–Trinajstić information content (AvgIpc) is 2.88. The van der Waals surface area contributed by atoms with Gasteiger partial charge in [-0.3, -0.25) is 0 Å². The lowest BCUT2D eigenvalue weighted by molar-refractivity contribution is 0.317. The molecule has 0 aromatic heterocycles. The summed E-state index contributed by atoms with van der Waals surface area (Å²) in [5.41, 5.74) is 1.24. The number of nitrogens with one attached hydrogen (secondary N) is 1. The normalized spacial score (nSPS) is 19.9. The van der Waals surface area contributed by atoms with Gasteiger partial charge in [-0.05, 0) is 43.5 Å². The van der Waals surface area contributed by atoms with Gasteiger partial charge in [0.1, 0.15) is 5.75 Å². The molecule has 0 aliphatic carbocycles. The maximum atomic E-state index is 5.55. The van der Waals surface area contributed by atoms with Crippen molar-refractivity contribution in [2.24, 2.45) is 0 Å². The molecule has 1 N–H and O–H groups in total. The molecule has 1 aromatic carbocycles. The van der Waals surface area contributed by atoms with Gasteiger partial charge in [-0.2, -0.15) is 0 Å². The first kappa shape index (κ1) is 12.2. The third-order valence-electron chi connectivity index (χ3n) is 2.97. The van der Waals surface area contributed by atoms with Gasteiger partial charge in [0.25, 0.3) is 0 Å². The molecule has 1 atom stereocenters. The van der Waals surface area contributed by atoms with Crippen molar-refractivity contribution in [3.05, 3.63) is 35.9 Å². The van der Waals surface area contributed by atoms with E-state index in [1.807, 2.05) is 12.1 Å². The van der Waals surface area contributed by atoms with Crippen LogP contribution in [0.3, 0.4) is 0 Å². The molecule has 2 nitrogen and oxygen atoms in total. The molecular formula is C15H21NO. The molecule has 1 unspecified atom stereocenters. The van der Waals surface area contributed by atoms with Crippen LogP contribution in [0.25, 0.3) is 6.08 Å². The molecule has 2 heteroatoms. The van der Waals surface area contributed by atoms with E-state index in [0.717, 1.165) is 25.3 Å². The van der Waals surface area contributed by atoms with Crippen LogP contribution in [0.15, 0.2) is 30.3 Å². The quantitative estimate of drug-likeness (QED) is 0.840. The van der Waals surface area contributed by atoms with E-state index in [1.54, 1.807) is 0 Å². The number of rotatable bonds is 5. The summed E-state index contributed by atoms with van der Waals surface area (Å²) in [6.45, 7) is 4.06. The van der Waals surface area contributed by atoms with Gasteiger partial charge in [-0.25, -0.2) is 0 Å². The van der Waals surface area contributed by atoms with Gasteiger partial charge in [0.2, 0.25) is 0 Å². The first-order valence-corrected chi connectivity index (χ1v) is 6.53. The molecule has 0 saturated carbocycles. The largest absolute Gasteiger partial charge is 0.494 e. The van der Waals surface area contributed by atoms with E-state index in [1.165, 1.54) is 18.4 Å². The van der Waals surface area contributed by atoms with Crippen LogP contribution in [0.4, 0.5) is 0 Å². The van der Waals surface area contributed by atoms with Gasteiger partial charge in [0.15, 0.2) is 0 Å². The number of hydrogen-bond donors (Lipinski definition) is 1.